The van der Waals surface area contributed by atoms with Crippen molar-refractivity contribution in [3.05, 3.63) is 132 Å². The van der Waals surface area contributed by atoms with Gasteiger partial charge < -0.3 is 14.9 Å². The molecule has 236 valence electrons. The van der Waals surface area contributed by atoms with E-state index >= 15 is 0 Å². The number of H-pyrrole nitrogens is 2. The Hall–Kier alpha value is -5.66. The molecule has 47 heavy (non-hydrogen) atoms. The van der Waals surface area contributed by atoms with E-state index in [-0.39, 0.29) is 22.6 Å². The molecule has 7 rings (SSSR count). The smallest absolute Gasteiger partial charge is 0.277 e. The summed E-state index contributed by atoms with van der Waals surface area (Å²) in [5, 5.41) is 31.4. The summed E-state index contributed by atoms with van der Waals surface area (Å²) < 4.78 is 8.12. The summed E-state index contributed by atoms with van der Waals surface area (Å²) in [5.41, 5.74) is 4.08. The van der Waals surface area contributed by atoms with Crippen LogP contribution in [0.25, 0.3) is 32.8 Å². The normalized spacial score (nSPS) is 11.4. The number of aromatic hydroxyl groups is 2. The largest absolute Gasteiger partial charge is 0.507 e. The molecular weight excluding hydrogens is 637 g/mol. The third-order valence-corrected chi connectivity index (χ3v) is 9.64. The standard InChI is InChI=1S/C34H28N6O5S2/c1-18-28(31(43)39(37-18)33-35-24(16-46-33)22-8-4-6-10-26(22)41)30(20-12-14-21(45-3)15-13-20)29-19(2)38-40(32(29)44)34-36-25(17-47-34)23-9-5-7-11-27(23)42/h4-17,30,37-38,41-42H,1-3H3. The maximum absolute atomic E-state index is 14.3. The van der Waals surface area contributed by atoms with Crippen LogP contribution in [0, 0.1) is 13.8 Å². The number of hydrogen-bond acceptors (Lipinski definition) is 9. The van der Waals surface area contributed by atoms with Gasteiger partial charge in [-0.3, -0.25) is 19.8 Å². The van der Waals surface area contributed by atoms with Crippen molar-refractivity contribution in [2.24, 2.45) is 0 Å². The van der Waals surface area contributed by atoms with E-state index in [9.17, 15) is 19.8 Å². The van der Waals surface area contributed by atoms with Gasteiger partial charge in [-0.15, -0.1) is 22.7 Å². The lowest BCUT2D eigenvalue weighted by molar-refractivity contribution is 0.414. The number of benzene rings is 3. The lowest BCUT2D eigenvalue weighted by Crippen LogP contribution is -2.25. The first-order chi connectivity index (χ1) is 22.7. The Labute approximate surface area is 275 Å². The summed E-state index contributed by atoms with van der Waals surface area (Å²) in [4.78, 5) is 37.8. The first-order valence-electron chi connectivity index (χ1n) is 14.5. The molecule has 0 spiro atoms. The van der Waals surface area contributed by atoms with Crippen LogP contribution >= 0.6 is 22.7 Å². The lowest BCUT2D eigenvalue weighted by Gasteiger charge is -2.16. The summed E-state index contributed by atoms with van der Waals surface area (Å²) >= 11 is 2.51. The van der Waals surface area contributed by atoms with E-state index in [1.165, 1.54) is 32.0 Å². The number of thiazole rings is 2. The highest BCUT2D eigenvalue weighted by Crippen LogP contribution is 2.35. The van der Waals surface area contributed by atoms with Gasteiger partial charge in [-0.25, -0.2) is 9.97 Å². The van der Waals surface area contributed by atoms with Crippen molar-refractivity contribution < 1.29 is 14.9 Å². The van der Waals surface area contributed by atoms with Crippen molar-refractivity contribution in [1.29, 1.82) is 0 Å². The van der Waals surface area contributed by atoms with Crippen molar-refractivity contribution in [2.75, 3.05) is 7.11 Å². The van der Waals surface area contributed by atoms with Crippen LogP contribution < -0.4 is 15.9 Å². The second-order valence-corrected chi connectivity index (χ2v) is 12.5. The molecule has 0 aliphatic rings. The van der Waals surface area contributed by atoms with Gasteiger partial charge in [0, 0.05) is 39.2 Å². The summed E-state index contributed by atoms with van der Waals surface area (Å²) in [5.74, 6) is 0.0579. The van der Waals surface area contributed by atoms with Gasteiger partial charge in [-0.05, 0) is 55.8 Å². The van der Waals surface area contributed by atoms with Crippen molar-refractivity contribution in [3.63, 3.8) is 0 Å². The molecular formula is C34H28N6O5S2. The molecule has 0 amide bonds. The van der Waals surface area contributed by atoms with Gasteiger partial charge in [0.2, 0.25) is 10.3 Å². The second kappa shape index (κ2) is 11.9. The highest BCUT2D eigenvalue weighted by atomic mass is 32.1. The molecule has 0 fully saturated rings. The van der Waals surface area contributed by atoms with E-state index in [0.29, 0.717) is 66.6 Å². The zero-order valence-electron chi connectivity index (χ0n) is 25.4. The minimum atomic E-state index is -0.758. The molecule has 0 saturated heterocycles. The number of nitrogens with one attached hydrogen (secondary N) is 2. The molecule has 0 radical (unpaired) electrons. The maximum Gasteiger partial charge on any atom is 0.277 e. The molecule has 0 aliphatic carbocycles. The maximum atomic E-state index is 14.3. The number of aromatic nitrogens is 6. The summed E-state index contributed by atoms with van der Waals surface area (Å²) in [7, 11) is 1.57. The van der Waals surface area contributed by atoms with Crippen LogP contribution in [0.2, 0.25) is 0 Å². The van der Waals surface area contributed by atoms with Crippen LogP contribution in [0.5, 0.6) is 17.2 Å². The Morgan fingerprint density at radius 1 is 0.702 bits per heavy atom. The Bertz CT molecular complexity index is 2220. The van der Waals surface area contributed by atoms with Gasteiger partial charge >= 0.3 is 0 Å². The number of aryl methyl sites for hydroxylation is 2. The van der Waals surface area contributed by atoms with E-state index in [2.05, 4.69) is 20.2 Å². The van der Waals surface area contributed by atoms with E-state index in [1.807, 2.05) is 12.1 Å². The Balaban J connectivity index is 1.36. The van der Waals surface area contributed by atoms with E-state index in [1.54, 1.807) is 92.4 Å². The number of nitrogens with zero attached hydrogens (tertiary/aromatic N) is 4. The molecule has 4 N–H and O–H groups in total. The second-order valence-electron chi connectivity index (χ2n) is 10.9. The molecule has 0 unspecified atom stereocenters. The zero-order valence-corrected chi connectivity index (χ0v) is 27.0. The minimum absolute atomic E-state index is 0.0896. The molecule has 4 aromatic heterocycles. The number of para-hydroxylation sites is 2. The molecule has 4 heterocycles. The fourth-order valence-electron chi connectivity index (χ4n) is 5.70. The van der Waals surface area contributed by atoms with Crippen LogP contribution in [-0.2, 0) is 0 Å². The molecule has 13 heteroatoms. The highest BCUT2D eigenvalue weighted by molar-refractivity contribution is 7.12. The molecule has 0 saturated carbocycles. The SMILES string of the molecule is COc1ccc(C(c2c(C)[nH]n(-c3nc(-c4ccccc4O)cs3)c2=O)c2c(C)[nH]n(-c3nc(-c4ccccc4O)cs3)c2=O)cc1. The van der Waals surface area contributed by atoms with Crippen LogP contribution in [0.3, 0.4) is 0 Å². The van der Waals surface area contributed by atoms with E-state index in [4.69, 9.17) is 4.74 Å². The predicted molar refractivity (Wildman–Crippen MR) is 182 cm³/mol. The summed E-state index contributed by atoms with van der Waals surface area (Å²) in [6.45, 7) is 3.59. The van der Waals surface area contributed by atoms with Crippen LogP contribution in [-0.4, -0.2) is 46.9 Å². The van der Waals surface area contributed by atoms with Crippen LogP contribution in [0.15, 0.2) is 93.1 Å². The first-order valence-corrected chi connectivity index (χ1v) is 16.3. The Morgan fingerprint density at radius 3 is 1.57 bits per heavy atom. The third-order valence-electron chi connectivity index (χ3n) is 7.99. The van der Waals surface area contributed by atoms with Gasteiger partial charge in [-0.2, -0.15) is 9.36 Å². The topological polar surface area (TPSA) is 151 Å². The Kier molecular flexibility index (Phi) is 7.62. The highest BCUT2D eigenvalue weighted by Gasteiger charge is 2.32. The van der Waals surface area contributed by atoms with Gasteiger partial charge in [0.25, 0.3) is 11.1 Å². The van der Waals surface area contributed by atoms with Crippen LogP contribution in [0.1, 0.15) is 34.0 Å². The van der Waals surface area contributed by atoms with Gasteiger partial charge in [0.15, 0.2) is 0 Å². The molecule has 3 aromatic carbocycles. The van der Waals surface area contributed by atoms with Gasteiger partial charge in [0.1, 0.15) is 17.2 Å². The molecule has 0 bridgehead atoms. The number of aromatic amines is 2. The number of phenolic OH excluding ortho intramolecular Hbond substituents is 2. The third kappa shape index (κ3) is 5.24. The molecule has 0 atom stereocenters. The van der Waals surface area contributed by atoms with Crippen molar-refractivity contribution in [1.82, 2.24) is 29.5 Å². The number of methoxy groups -OCH3 is 1. The Morgan fingerprint density at radius 2 is 1.15 bits per heavy atom. The number of ether oxygens (including phenoxy) is 1. The zero-order chi connectivity index (χ0) is 32.8. The van der Waals surface area contributed by atoms with Gasteiger partial charge in [-0.1, -0.05) is 36.4 Å². The van der Waals surface area contributed by atoms with E-state index in [0.717, 1.165) is 0 Å². The summed E-state index contributed by atoms with van der Waals surface area (Å²) in [6, 6.07) is 21.0. The van der Waals surface area contributed by atoms with Crippen LogP contribution in [0.4, 0.5) is 0 Å². The monoisotopic (exact) mass is 664 g/mol. The number of rotatable bonds is 8. The number of hydrogen-bond donors (Lipinski definition) is 4. The fourth-order valence-corrected chi connectivity index (χ4v) is 7.27. The lowest BCUT2D eigenvalue weighted by atomic mass is 9.85. The quantitative estimate of drug-likeness (QED) is 0.153. The molecule has 7 aromatic rings. The first kappa shape index (κ1) is 30.0. The van der Waals surface area contributed by atoms with E-state index < -0.39 is 5.92 Å². The van der Waals surface area contributed by atoms with Gasteiger partial charge in [0.05, 0.1) is 29.6 Å². The molecule has 0 aliphatic heterocycles. The summed E-state index contributed by atoms with van der Waals surface area (Å²) in [6.07, 6.45) is 0. The fraction of sp³-hybridized carbons (Fsp3) is 0.118. The number of phenols is 2. The van der Waals surface area contributed by atoms with Crippen molar-refractivity contribution in [3.8, 4) is 50.0 Å². The minimum Gasteiger partial charge on any atom is -0.507 e. The van der Waals surface area contributed by atoms with Crippen molar-refractivity contribution in [2.45, 2.75) is 19.8 Å². The predicted octanol–water partition coefficient (Wildman–Crippen LogP) is 6.11. The average Bonchev–Trinajstić information content (AvgIpc) is 3.87. The average molecular weight is 665 g/mol. The van der Waals surface area contributed by atoms with Crippen molar-refractivity contribution >= 4 is 22.7 Å². The molecule has 11 nitrogen and oxygen atoms in total.